The highest BCUT2D eigenvalue weighted by molar-refractivity contribution is 5.80. The summed E-state index contributed by atoms with van der Waals surface area (Å²) >= 11 is 0. The van der Waals surface area contributed by atoms with Crippen molar-refractivity contribution in [1.29, 1.82) is 0 Å². The van der Waals surface area contributed by atoms with Gasteiger partial charge >= 0.3 is 0 Å². The topological polar surface area (TPSA) is 61.6 Å². The summed E-state index contributed by atoms with van der Waals surface area (Å²) in [5.74, 6) is 4.68. The van der Waals surface area contributed by atoms with Crippen LogP contribution in [0.2, 0.25) is 0 Å². The van der Waals surface area contributed by atoms with Gasteiger partial charge in [-0.1, -0.05) is 6.42 Å². The Bertz CT molecular complexity index is 647. The molecule has 1 aromatic heterocycles. The Morgan fingerprint density at radius 3 is 2.74 bits per heavy atom. The van der Waals surface area contributed by atoms with Gasteiger partial charge in [0.15, 0.2) is 5.96 Å². The Hall–Kier alpha value is -1.63. The third-order valence-electron chi connectivity index (χ3n) is 6.54. The lowest BCUT2D eigenvalue weighted by Crippen LogP contribution is -2.43. The first-order valence-corrected chi connectivity index (χ1v) is 10.8. The highest BCUT2D eigenvalue weighted by atomic mass is 15.3. The minimum Gasteiger partial charge on any atom is -0.356 e. The smallest absolute Gasteiger partial charge is 0.193 e. The van der Waals surface area contributed by atoms with Crippen molar-refractivity contribution in [2.45, 2.75) is 52.0 Å². The van der Waals surface area contributed by atoms with Crippen LogP contribution < -0.4 is 5.32 Å². The lowest BCUT2D eigenvalue weighted by molar-refractivity contribution is 0.198. The highest BCUT2D eigenvalue weighted by Gasteiger charge is 2.28. The molecule has 2 fully saturated rings. The fourth-order valence-corrected chi connectivity index (χ4v) is 4.95. The molecule has 7 heteroatoms. The zero-order valence-electron chi connectivity index (χ0n) is 17.0. The number of hydrogen-bond acceptors (Lipinski definition) is 4. The van der Waals surface area contributed by atoms with Crippen LogP contribution in [0.3, 0.4) is 0 Å². The van der Waals surface area contributed by atoms with Crippen LogP contribution in [0, 0.1) is 18.8 Å². The van der Waals surface area contributed by atoms with Crippen LogP contribution in [0.25, 0.3) is 0 Å². The quantitative estimate of drug-likeness (QED) is 0.641. The maximum absolute atomic E-state index is 4.57. The van der Waals surface area contributed by atoms with Gasteiger partial charge < -0.3 is 19.7 Å². The largest absolute Gasteiger partial charge is 0.356 e. The molecule has 0 bridgehead atoms. The van der Waals surface area contributed by atoms with E-state index in [0.717, 1.165) is 56.1 Å². The zero-order valence-corrected chi connectivity index (χ0v) is 17.0. The molecule has 2 atom stereocenters. The number of aliphatic imine (C=N–C) groups is 1. The van der Waals surface area contributed by atoms with E-state index in [9.17, 15) is 0 Å². The average molecular weight is 374 g/mol. The molecule has 2 unspecified atom stereocenters. The van der Waals surface area contributed by atoms with Crippen LogP contribution in [-0.4, -0.2) is 76.8 Å². The summed E-state index contributed by atoms with van der Waals surface area (Å²) in [4.78, 5) is 9.71. The molecule has 0 amide bonds. The molecule has 27 heavy (non-hydrogen) atoms. The highest BCUT2D eigenvalue weighted by Crippen LogP contribution is 2.21. The first kappa shape index (κ1) is 18.7. The number of rotatable bonds is 4. The number of likely N-dealkylation sites (tertiary alicyclic amines) is 2. The van der Waals surface area contributed by atoms with Gasteiger partial charge in [0.05, 0.1) is 0 Å². The second-order valence-electron chi connectivity index (χ2n) is 8.57. The second-order valence-corrected chi connectivity index (χ2v) is 8.57. The average Bonchev–Trinajstić information content (AvgIpc) is 3.30. The predicted octanol–water partition coefficient (Wildman–Crippen LogP) is 1.53. The summed E-state index contributed by atoms with van der Waals surface area (Å²) in [6, 6.07) is 0. The Morgan fingerprint density at radius 2 is 1.93 bits per heavy atom. The lowest BCUT2D eigenvalue weighted by atomic mass is 9.99. The van der Waals surface area contributed by atoms with Gasteiger partial charge in [0, 0.05) is 46.2 Å². The standard InChI is InChI=1S/C20H35N7/c1-16-23-24-19-7-6-17(15-27(16)19)12-22-20(21-2)26-11-8-18(14-26)13-25-9-4-3-5-10-25/h17-18H,3-15H2,1-2H3,(H,21,22). The molecule has 1 N–H and O–H groups in total. The van der Waals surface area contributed by atoms with Gasteiger partial charge in [0.1, 0.15) is 11.6 Å². The Morgan fingerprint density at radius 1 is 1.07 bits per heavy atom. The normalized spacial score (nSPS) is 27.0. The maximum Gasteiger partial charge on any atom is 0.193 e. The van der Waals surface area contributed by atoms with Gasteiger partial charge in [-0.05, 0) is 57.5 Å². The molecule has 4 heterocycles. The minimum absolute atomic E-state index is 0.621. The lowest BCUT2D eigenvalue weighted by Gasteiger charge is -2.29. The van der Waals surface area contributed by atoms with E-state index in [4.69, 9.17) is 0 Å². The molecule has 0 radical (unpaired) electrons. The number of nitrogens with zero attached hydrogens (tertiary/aromatic N) is 6. The first-order valence-electron chi connectivity index (χ1n) is 10.8. The molecule has 0 aromatic carbocycles. The van der Waals surface area contributed by atoms with Gasteiger partial charge in [0.2, 0.25) is 0 Å². The van der Waals surface area contributed by atoms with E-state index in [1.807, 2.05) is 7.05 Å². The predicted molar refractivity (Wildman–Crippen MR) is 108 cm³/mol. The molecule has 3 aliphatic rings. The van der Waals surface area contributed by atoms with Crippen LogP contribution >= 0.6 is 0 Å². The summed E-state index contributed by atoms with van der Waals surface area (Å²) in [7, 11) is 1.92. The van der Waals surface area contributed by atoms with Crippen LogP contribution in [0.15, 0.2) is 4.99 Å². The van der Waals surface area contributed by atoms with Crippen molar-refractivity contribution in [2.75, 3.05) is 46.3 Å². The van der Waals surface area contributed by atoms with Gasteiger partial charge in [-0.25, -0.2) is 0 Å². The Kier molecular flexibility index (Phi) is 5.95. The molecule has 4 rings (SSSR count). The Labute approximate surface area is 163 Å². The van der Waals surface area contributed by atoms with Crippen molar-refractivity contribution < 1.29 is 0 Å². The summed E-state index contributed by atoms with van der Waals surface area (Å²) < 4.78 is 2.28. The number of piperidine rings is 1. The van der Waals surface area contributed by atoms with Gasteiger partial charge in [-0.15, -0.1) is 10.2 Å². The number of aromatic nitrogens is 3. The van der Waals surface area contributed by atoms with Crippen LogP contribution in [-0.2, 0) is 13.0 Å². The van der Waals surface area contributed by atoms with E-state index in [1.165, 1.54) is 51.7 Å². The van der Waals surface area contributed by atoms with E-state index in [1.54, 1.807) is 0 Å². The molecule has 0 aliphatic carbocycles. The number of aryl methyl sites for hydroxylation is 2. The van der Waals surface area contributed by atoms with Crippen LogP contribution in [0.4, 0.5) is 0 Å². The second kappa shape index (κ2) is 8.59. The monoisotopic (exact) mass is 373 g/mol. The molecule has 7 nitrogen and oxygen atoms in total. The van der Waals surface area contributed by atoms with Gasteiger partial charge in [-0.2, -0.15) is 0 Å². The molecular formula is C20H35N7. The number of hydrogen-bond donors (Lipinski definition) is 1. The number of nitrogens with one attached hydrogen (secondary N) is 1. The minimum atomic E-state index is 0.621. The molecule has 0 spiro atoms. The van der Waals surface area contributed by atoms with Crippen LogP contribution in [0.5, 0.6) is 0 Å². The zero-order chi connectivity index (χ0) is 18.6. The molecule has 2 saturated heterocycles. The number of guanidine groups is 1. The van der Waals surface area contributed by atoms with Crippen molar-refractivity contribution >= 4 is 5.96 Å². The summed E-state index contributed by atoms with van der Waals surface area (Å²) in [6.45, 7) is 10.2. The van der Waals surface area contributed by atoms with E-state index >= 15 is 0 Å². The molecule has 150 valence electrons. The SMILES string of the molecule is CN=C(NCC1CCc2nnc(C)n2C1)N1CCC(CN2CCCCC2)C1. The summed E-state index contributed by atoms with van der Waals surface area (Å²) in [6.07, 6.45) is 7.70. The van der Waals surface area contributed by atoms with Crippen molar-refractivity contribution in [2.24, 2.45) is 16.8 Å². The third-order valence-corrected chi connectivity index (χ3v) is 6.54. The van der Waals surface area contributed by atoms with E-state index in [-0.39, 0.29) is 0 Å². The fourth-order valence-electron chi connectivity index (χ4n) is 4.95. The van der Waals surface area contributed by atoms with Gasteiger partial charge in [-0.3, -0.25) is 4.99 Å². The van der Waals surface area contributed by atoms with Crippen LogP contribution in [0.1, 0.15) is 43.8 Å². The molecule has 3 aliphatic heterocycles. The van der Waals surface area contributed by atoms with E-state index < -0.39 is 0 Å². The molecule has 1 aromatic rings. The van der Waals surface area contributed by atoms with E-state index in [2.05, 4.69) is 41.8 Å². The van der Waals surface area contributed by atoms with Crippen molar-refractivity contribution in [1.82, 2.24) is 29.9 Å². The molecule has 0 saturated carbocycles. The first-order chi connectivity index (χ1) is 13.2. The van der Waals surface area contributed by atoms with Crippen molar-refractivity contribution in [3.63, 3.8) is 0 Å². The number of fused-ring (bicyclic) bond motifs is 1. The van der Waals surface area contributed by atoms with Crippen molar-refractivity contribution in [3.8, 4) is 0 Å². The molecular weight excluding hydrogens is 338 g/mol. The third kappa shape index (κ3) is 4.45. The summed E-state index contributed by atoms with van der Waals surface area (Å²) in [5, 5.41) is 12.2. The fraction of sp³-hybridized carbons (Fsp3) is 0.850. The van der Waals surface area contributed by atoms with Crippen molar-refractivity contribution in [3.05, 3.63) is 11.6 Å². The van der Waals surface area contributed by atoms with E-state index in [0.29, 0.717) is 5.92 Å². The van der Waals surface area contributed by atoms with Gasteiger partial charge in [0.25, 0.3) is 0 Å². The summed E-state index contributed by atoms with van der Waals surface area (Å²) in [5.41, 5.74) is 0. The Balaban J connectivity index is 1.24. The maximum atomic E-state index is 4.57.